The lowest BCUT2D eigenvalue weighted by Crippen LogP contribution is -2.37. The van der Waals surface area contributed by atoms with Crippen LogP contribution >= 0.6 is 0 Å². The van der Waals surface area contributed by atoms with Crippen LogP contribution in [0.4, 0.5) is 0 Å². The van der Waals surface area contributed by atoms with E-state index in [0.29, 0.717) is 6.42 Å². The van der Waals surface area contributed by atoms with E-state index in [4.69, 9.17) is 0 Å². The lowest BCUT2D eigenvalue weighted by molar-refractivity contribution is 0.226. The summed E-state index contributed by atoms with van der Waals surface area (Å²) in [5.74, 6) is 0.0508. The lowest BCUT2D eigenvalue weighted by Gasteiger charge is -2.28. The molecule has 0 fully saturated rings. The molecule has 1 aliphatic rings. The van der Waals surface area contributed by atoms with Gasteiger partial charge in [-0.1, -0.05) is 30.3 Å². The van der Waals surface area contributed by atoms with E-state index < -0.39 is 10.0 Å². The predicted molar refractivity (Wildman–Crippen MR) is 79.9 cm³/mol. The summed E-state index contributed by atoms with van der Waals surface area (Å²) < 4.78 is 26.3. The molecule has 0 aliphatic heterocycles. The highest BCUT2D eigenvalue weighted by molar-refractivity contribution is 7.89. The molecule has 4 nitrogen and oxygen atoms in total. The molecule has 5 heteroatoms. The maximum absolute atomic E-state index is 12.4. The van der Waals surface area contributed by atoms with Gasteiger partial charge in [-0.3, -0.25) is 0 Å². The molecule has 0 heterocycles. The number of rotatable bonds is 7. The highest BCUT2D eigenvalue weighted by Gasteiger charge is 2.34. The second-order valence-electron chi connectivity index (χ2n) is 4.98. The van der Waals surface area contributed by atoms with Gasteiger partial charge in [0.25, 0.3) is 0 Å². The molecule has 110 valence electrons. The van der Waals surface area contributed by atoms with Gasteiger partial charge >= 0.3 is 0 Å². The Morgan fingerprint density at radius 2 is 2.15 bits per heavy atom. The zero-order valence-electron chi connectivity index (χ0n) is 11.5. The van der Waals surface area contributed by atoms with E-state index in [1.54, 1.807) is 6.08 Å². The molecule has 0 spiro atoms. The van der Waals surface area contributed by atoms with Crippen LogP contribution in [0.2, 0.25) is 0 Å². The molecule has 0 aromatic heterocycles. The number of aliphatic hydroxyl groups excluding tert-OH is 1. The molecule has 0 radical (unpaired) electrons. The van der Waals surface area contributed by atoms with Crippen molar-refractivity contribution in [3.8, 4) is 0 Å². The Balaban J connectivity index is 2.28. The Morgan fingerprint density at radius 3 is 2.85 bits per heavy atom. The van der Waals surface area contributed by atoms with Gasteiger partial charge in [0.1, 0.15) is 0 Å². The molecule has 1 atom stereocenters. The number of aryl methyl sites for hydroxylation is 1. The maximum Gasteiger partial charge on any atom is 0.215 e. The lowest BCUT2D eigenvalue weighted by atomic mass is 10.1. The number of nitrogens with zero attached hydrogens (tertiary/aromatic N) is 1. The summed E-state index contributed by atoms with van der Waals surface area (Å²) >= 11 is 0. The van der Waals surface area contributed by atoms with Crippen molar-refractivity contribution in [2.24, 2.45) is 0 Å². The summed E-state index contributed by atoms with van der Waals surface area (Å²) in [4.78, 5) is 0. The molecule has 1 aromatic rings. The third-order valence-electron chi connectivity index (χ3n) is 3.71. The van der Waals surface area contributed by atoms with Crippen molar-refractivity contribution in [2.75, 3.05) is 18.9 Å². The highest BCUT2D eigenvalue weighted by Crippen LogP contribution is 2.37. The first-order valence-electron chi connectivity index (χ1n) is 6.89. The number of hydrogen-bond acceptors (Lipinski definition) is 3. The van der Waals surface area contributed by atoms with Gasteiger partial charge in [0.15, 0.2) is 0 Å². The van der Waals surface area contributed by atoms with E-state index in [9.17, 15) is 13.5 Å². The Labute approximate surface area is 120 Å². The molecule has 0 amide bonds. The average Bonchev–Trinajstić information content (AvgIpc) is 2.86. The SMILES string of the molecule is C=CCCS(=O)(=O)N(CCO)C1CCc2ccccc21. The van der Waals surface area contributed by atoms with Crippen LogP contribution in [-0.2, 0) is 16.4 Å². The first kappa shape index (κ1) is 15.2. The van der Waals surface area contributed by atoms with Crippen LogP contribution in [0.3, 0.4) is 0 Å². The van der Waals surface area contributed by atoms with Gasteiger partial charge in [-0.05, 0) is 30.4 Å². The van der Waals surface area contributed by atoms with Crippen molar-refractivity contribution in [1.82, 2.24) is 4.31 Å². The number of sulfonamides is 1. The van der Waals surface area contributed by atoms with Crippen molar-refractivity contribution in [3.05, 3.63) is 48.0 Å². The summed E-state index contributed by atoms with van der Waals surface area (Å²) in [5, 5.41) is 9.21. The second-order valence-corrected chi connectivity index (χ2v) is 7.02. The first-order valence-corrected chi connectivity index (χ1v) is 8.50. The topological polar surface area (TPSA) is 57.6 Å². The van der Waals surface area contributed by atoms with Crippen LogP contribution in [0, 0.1) is 0 Å². The van der Waals surface area contributed by atoms with Crippen LogP contribution in [0.5, 0.6) is 0 Å². The average molecular weight is 295 g/mol. The van der Waals surface area contributed by atoms with E-state index in [-0.39, 0.29) is 24.9 Å². The summed E-state index contributed by atoms with van der Waals surface area (Å²) in [6.07, 6.45) is 3.71. The van der Waals surface area contributed by atoms with Crippen molar-refractivity contribution >= 4 is 10.0 Å². The minimum absolute atomic E-state index is 0.0508. The molecule has 0 saturated heterocycles. The van der Waals surface area contributed by atoms with E-state index >= 15 is 0 Å². The van der Waals surface area contributed by atoms with E-state index in [0.717, 1.165) is 18.4 Å². The summed E-state index contributed by atoms with van der Waals surface area (Å²) in [6.45, 7) is 3.56. The van der Waals surface area contributed by atoms with Crippen molar-refractivity contribution in [1.29, 1.82) is 0 Å². The Bertz CT molecular complexity index is 568. The number of aliphatic hydroxyl groups is 1. The van der Waals surface area contributed by atoms with Gasteiger partial charge < -0.3 is 5.11 Å². The van der Waals surface area contributed by atoms with Crippen LogP contribution in [0.15, 0.2) is 36.9 Å². The molecule has 1 aromatic carbocycles. The predicted octanol–water partition coefficient (Wildman–Crippen LogP) is 1.87. The van der Waals surface area contributed by atoms with E-state index in [2.05, 4.69) is 6.58 Å². The monoisotopic (exact) mass is 295 g/mol. The number of benzene rings is 1. The van der Waals surface area contributed by atoms with E-state index in [1.165, 1.54) is 9.87 Å². The highest BCUT2D eigenvalue weighted by atomic mass is 32.2. The Morgan fingerprint density at radius 1 is 1.40 bits per heavy atom. The van der Waals surface area contributed by atoms with Crippen molar-refractivity contribution in [2.45, 2.75) is 25.3 Å². The van der Waals surface area contributed by atoms with Crippen LogP contribution in [0.1, 0.15) is 30.0 Å². The van der Waals surface area contributed by atoms with Gasteiger partial charge in [-0.2, -0.15) is 4.31 Å². The number of fused-ring (bicyclic) bond motifs is 1. The molecule has 1 N–H and O–H groups in total. The first-order chi connectivity index (χ1) is 9.60. The molecule has 1 aliphatic carbocycles. The third-order valence-corrected chi connectivity index (χ3v) is 5.61. The van der Waals surface area contributed by atoms with Crippen molar-refractivity contribution in [3.63, 3.8) is 0 Å². The second kappa shape index (κ2) is 6.52. The van der Waals surface area contributed by atoms with Gasteiger partial charge in [0, 0.05) is 6.54 Å². The standard InChI is InChI=1S/C15H21NO3S/c1-2-3-12-20(18,19)16(10-11-17)15-9-8-13-6-4-5-7-14(13)15/h2,4-7,15,17H,1,3,8-12H2. The molecule has 20 heavy (non-hydrogen) atoms. The zero-order valence-corrected chi connectivity index (χ0v) is 12.3. The summed E-state index contributed by atoms with van der Waals surface area (Å²) in [5.41, 5.74) is 2.28. The van der Waals surface area contributed by atoms with Crippen LogP contribution in [0.25, 0.3) is 0 Å². The molecular formula is C15H21NO3S. The van der Waals surface area contributed by atoms with E-state index in [1.807, 2.05) is 24.3 Å². The summed E-state index contributed by atoms with van der Waals surface area (Å²) in [6, 6.07) is 7.80. The fourth-order valence-corrected chi connectivity index (χ4v) is 4.44. The van der Waals surface area contributed by atoms with Gasteiger partial charge in [-0.15, -0.1) is 6.58 Å². The fraction of sp³-hybridized carbons (Fsp3) is 0.467. The summed E-state index contributed by atoms with van der Waals surface area (Å²) in [7, 11) is -3.37. The van der Waals surface area contributed by atoms with Crippen LogP contribution < -0.4 is 0 Å². The van der Waals surface area contributed by atoms with Gasteiger partial charge in [-0.25, -0.2) is 8.42 Å². The quantitative estimate of drug-likeness (QED) is 0.781. The maximum atomic E-state index is 12.4. The molecule has 1 unspecified atom stereocenters. The third kappa shape index (κ3) is 3.11. The minimum atomic E-state index is -3.37. The Hall–Kier alpha value is -1.17. The van der Waals surface area contributed by atoms with Crippen LogP contribution in [-0.4, -0.2) is 36.7 Å². The fourth-order valence-electron chi connectivity index (χ4n) is 2.77. The molecular weight excluding hydrogens is 274 g/mol. The smallest absolute Gasteiger partial charge is 0.215 e. The molecule has 2 rings (SSSR count). The van der Waals surface area contributed by atoms with Gasteiger partial charge in [0.05, 0.1) is 18.4 Å². The van der Waals surface area contributed by atoms with Gasteiger partial charge in [0.2, 0.25) is 10.0 Å². The number of hydrogen-bond donors (Lipinski definition) is 1. The minimum Gasteiger partial charge on any atom is -0.395 e. The van der Waals surface area contributed by atoms with Crippen molar-refractivity contribution < 1.29 is 13.5 Å². The zero-order chi connectivity index (χ0) is 14.6. The molecule has 0 bridgehead atoms. The normalized spacial score (nSPS) is 18.2. The largest absolute Gasteiger partial charge is 0.395 e. The Kier molecular flexibility index (Phi) is 4.96. The molecule has 0 saturated carbocycles. The number of allylic oxidation sites excluding steroid dienone is 1.